The summed E-state index contributed by atoms with van der Waals surface area (Å²) in [7, 11) is 0. The largest absolute Gasteiger partial charge is 0.481 e. The molecule has 0 radical (unpaired) electrons. The number of amides is 2. The lowest BCUT2D eigenvalue weighted by molar-refractivity contribution is -0.138. The Balaban J connectivity index is 2.02. The van der Waals surface area contributed by atoms with Gasteiger partial charge in [-0.05, 0) is 37.6 Å². The summed E-state index contributed by atoms with van der Waals surface area (Å²) in [5.74, 6) is -2.01. The number of imide groups is 1. The van der Waals surface area contributed by atoms with Gasteiger partial charge >= 0.3 is 5.97 Å². The number of hydrogen-bond donors (Lipinski definition) is 2. The van der Waals surface area contributed by atoms with Gasteiger partial charge in [0.05, 0.1) is 17.7 Å². The van der Waals surface area contributed by atoms with Crippen molar-refractivity contribution in [2.75, 3.05) is 4.90 Å². The Bertz CT molecular complexity index is 908. The van der Waals surface area contributed by atoms with E-state index in [0.29, 0.717) is 16.8 Å². The number of para-hydroxylation sites is 1. The Kier molecular flexibility index (Phi) is 4.27. The van der Waals surface area contributed by atoms with Crippen molar-refractivity contribution in [3.63, 3.8) is 0 Å². The van der Waals surface area contributed by atoms with Crippen LogP contribution in [0.15, 0.2) is 30.3 Å². The normalized spacial score (nSPS) is 14.9. The van der Waals surface area contributed by atoms with Gasteiger partial charge in [-0.15, -0.1) is 0 Å². The monoisotopic (exact) mass is 338 g/mol. The van der Waals surface area contributed by atoms with Gasteiger partial charge in [-0.2, -0.15) is 0 Å². The summed E-state index contributed by atoms with van der Waals surface area (Å²) in [5.41, 5.74) is 4.39. The first-order valence-electron chi connectivity index (χ1n) is 7.95. The molecule has 0 fully saturated rings. The number of aliphatic carboxylic acids is 1. The van der Waals surface area contributed by atoms with Gasteiger partial charge in [-0.25, -0.2) is 4.90 Å². The Morgan fingerprint density at radius 3 is 2.56 bits per heavy atom. The highest BCUT2D eigenvalue weighted by atomic mass is 16.4. The number of benzene rings is 1. The molecule has 2 N–H and O–H groups in total. The first-order valence-corrected chi connectivity index (χ1v) is 7.95. The van der Waals surface area contributed by atoms with Crippen molar-refractivity contribution in [1.82, 2.24) is 4.98 Å². The predicted octanol–water partition coefficient (Wildman–Crippen LogP) is 2.91. The van der Waals surface area contributed by atoms with Gasteiger partial charge in [0.15, 0.2) is 0 Å². The second kappa shape index (κ2) is 6.39. The SMILES string of the molecule is Cc1cc(C)c(C=C2C(=O)N(C(=O)CCC(=O)O)c3ccccc32)[nH]1. The second-order valence-corrected chi connectivity index (χ2v) is 6.05. The lowest BCUT2D eigenvalue weighted by atomic mass is 10.1. The van der Waals surface area contributed by atoms with Crippen LogP contribution in [0.5, 0.6) is 0 Å². The van der Waals surface area contributed by atoms with E-state index in [1.165, 1.54) is 0 Å². The van der Waals surface area contributed by atoms with Crippen molar-refractivity contribution in [1.29, 1.82) is 0 Å². The number of anilines is 1. The highest BCUT2D eigenvalue weighted by molar-refractivity contribution is 6.42. The van der Waals surface area contributed by atoms with Gasteiger partial charge in [0.1, 0.15) is 0 Å². The molecule has 2 heterocycles. The predicted molar refractivity (Wildman–Crippen MR) is 93.9 cm³/mol. The van der Waals surface area contributed by atoms with E-state index in [4.69, 9.17) is 5.11 Å². The minimum absolute atomic E-state index is 0.219. The summed E-state index contributed by atoms with van der Waals surface area (Å²) >= 11 is 0. The molecular weight excluding hydrogens is 320 g/mol. The molecule has 1 aromatic carbocycles. The number of aryl methyl sites for hydroxylation is 2. The summed E-state index contributed by atoms with van der Waals surface area (Å²) in [4.78, 5) is 40.2. The number of H-pyrrole nitrogens is 1. The highest BCUT2D eigenvalue weighted by Crippen LogP contribution is 2.38. The Hall–Kier alpha value is -3.15. The third-order valence-electron chi connectivity index (χ3n) is 4.15. The molecule has 0 saturated heterocycles. The number of carboxylic acids is 1. The summed E-state index contributed by atoms with van der Waals surface area (Å²) < 4.78 is 0. The maximum Gasteiger partial charge on any atom is 0.303 e. The third-order valence-corrected chi connectivity index (χ3v) is 4.15. The van der Waals surface area contributed by atoms with Crippen LogP contribution in [0.1, 0.15) is 35.4 Å². The number of rotatable bonds is 4. The van der Waals surface area contributed by atoms with Crippen LogP contribution in [0.3, 0.4) is 0 Å². The minimum atomic E-state index is -1.07. The van der Waals surface area contributed by atoms with Gasteiger partial charge in [0.25, 0.3) is 5.91 Å². The van der Waals surface area contributed by atoms with Gasteiger partial charge in [-0.1, -0.05) is 18.2 Å². The van der Waals surface area contributed by atoms with Crippen LogP contribution in [0, 0.1) is 13.8 Å². The zero-order chi connectivity index (χ0) is 18.1. The molecule has 1 aliphatic rings. The van der Waals surface area contributed by atoms with Crippen LogP contribution in [0.2, 0.25) is 0 Å². The average molecular weight is 338 g/mol. The molecular formula is C19H18N2O4. The fourth-order valence-electron chi connectivity index (χ4n) is 3.00. The van der Waals surface area contributed by atoms with E-state index in [1.807, 2.05) is 19.9 Å². The van der Waals surface area contributed by atoms with Gasteiger partial charge in [0, 0.05) is 23.4 Å². The van der Waals surface area contributed by atoms with E-state index in [0.717, 1.165) is 21.9 Å². The molecule has 3 rings (SSSR count). The fourth-order valence-corrected chi connectivity index (χ4v) is 3.00. The number of carbonyl (C=O) groups excluding carboxylic acids is 2. The third kappa shape index (κ3) is 3.10. The molecule has 128 valence electrons. The first kappa shape index (κ1) is 16.7. The molecule has 0 atom stereocenters. The van der Waals surface area contributed by atoms with E-state index in [-0.39, 0.29) is 12.8 Å². The van der Waals surface area contributed by atoms with Crippen LogP contribution in [-0.2, 0) is 14.4 Å². The van der Waals surface area contributed by atoms with Crippen molar-refractivity contribution >= 4 is 35.1 Å². The quantitative estimate of drug-likeness (QED) is 0.839. The van der Waals surface area contributed by atoms with Crippen LogP contribution < -0.4 is 4.90 Å². The molecule has 2 amide bonds. The fraction of sp³-hybridized carbons (Fsp3) is 0.211. The second-order valence-electron chi connectivity index (χ2n) is 6.05. The maximum absolute atomic E-state index is 12.8. The van der Waals surface area contributed by atoms with Gasteiger partial charge < -0.3 is 10.1 Å². The molecule has 6 heteroatoms. The van der Waals surface area contributed by atoms with Crippen molar-refractivity contribution in [3.05, 3.63) is 52.8 Å². The van der Waals surface area contributed by atoms with E-state index in [2.05, 4.69) is 4.98 Å². The number of fused-ring (bicyclic) bond motifs is 1. The van der Waals surface area contributed by atoms with Crippen molar-refractivity contribution in [2.45, 2.75) is 26.7 Å². The summed E-state index contributed by atoms with van der Waals surface area (Å²) in [6.07, 6.45) is 1.22. The number of carboxylic acid groups (broad SMARTS) is 1. The molecule has 2 aromatic rings. The molecule has 0 aliphatic carbocycles. The van der Waals surface area contributed by atoms with Crippen LogP contribution >= 0.6 is 0 Å². The minimum Gasteiger partial charge on any atom is -0.481 e. The van der Waals surface area contributed by atoms with Crippen molar-refractivity contribution in [2.24, 2.45) is 0 Å². The number of nitrogens with zero attached hydrogens (tertiary/aromatic N) is 1. The van der Waals surface area contributed by atoms with E-state index in [9.17, 15) is 14.4 Å². The first-order chi connectivity index (χ1) is 11.9. The van der Waals surface area contributed by atoms with Crippen LogP contribution in [-0.4, -0.2) is 27.9 Å². The number of aromatic amines is 1. The number of carbonyl (C=O) groups is 3. The van der Waals surface area contributed by atoms with Crippen LogP contribution in [0.4, 0.5) is 5.69 Å². The lowest BCUT2D eigenvalue weighted by Crippen LogP contribution is -2.33. The van der Waals surface area contributed by atoms with E-state index < -0.39 is 17.8 Å². The van der Waals surface area contributed by atoms with Crippen molar-refractivity contribution < 1.29 is 19.5 Å². The Morgan fingerprint density at radius 2 is 1.92 bits per heavy atom. The lowest BCUT2D eigenvalue weighted by Gasteiger charge is -2.14. The van der Waals surface area contributed by atoms with Gasteiger partial charge in [-0.3, -0.25) is 14.4 Å². The average Bonchev–Trinajstić information content (AvgIpc) is 3.02. The van der Waals surface area contributed by atoms with Gasteiger partial charge in [0.2, 0.25) is 5.91 Å². The van der Waals surface area contributed by atoms with E-state index >= 15 is 0 Å². The van der Waals surface area contributed by atoms with Crippen molar-refractivity contribution in [3.8, 4) is 0 Å². The zero-order valence-electron chi connectivity index (χ0n) is 14.0. The molecule has 6 nitrogen and oxygen atoms in total. The summed E-state index contributed by atoms with van der Waals surface area (Å²) in [6, 6.07) is 9.01. The Labute approximate surface area is 144 Å². The zero-order valence-corrected chi connectivity index (χ0v) is 14.0. The molecule has 0 unspecified atom stereocenters. The molecule has 1 aromatic heterocycles. The van der Waals surface area contributed by atoms with E-state index in [1.54, 1.807) is 30.3 Å². The maximum atomic E-state index is 12.8. The number of nitrogens with one attached hydrogen (secondary N) is 1. The Morgan fingerprint density at radius 1 is 1.20 bits per heavy atom. The standard InChI is InChI=1S/C19H18N2O4/c1-11-9-12(2)20-15(11)10-14-13-5-3-4-6-16(13)21(19(14)25)17(22)7-8-18(23)24/h3-6,9-10,20H,7-8H2,1-2H3,(H,23,24). The summed E-state index contributed by atoms with van der Waals surface area (Å²) in [5, 5.41) is 8.77. The molecule has 0 saturated carbocycles. The smallest absolute Gasteiger partial charge is 0.303 e. The molecule has 0 spiro atoms. The number of aromatic nitrogens is 1. The topological polar surface area (TPSA) is 90.5 Å². The summed E-state index contributed by atoms with van der Waals surface area (Å²) in [6.45, 7) is 3.87. The van der Waals surface area contributed by atoms with Crippen LogP contribution in [0.25, 0.3) is 11.6 Å². The molecule has 25 heavy (non-hydrogen) atoms. The number of hydrogen-bond acceptors (Lipinski definition) is 3. The molecule has 0 bridgehead atoms. The highest BCUT2D eigenvalue weighted by Gasteiger charge is 2.36. The molecule has 1 aliphatic heterocycles.